The van der Waals surface area contributed by atoms with Crippen LogP contribution >= 0.6 is 11.3 Å². The van der Waals surface area contributed by atoms with E-state index in [1.54, 1.807) is 24.5 Å². The van der Waals surface area contributed by atoms with E-state index in [-0.39, 0.29) is 11.7 Å². The highest BCUT2D eigenvalue weighted by Crippen LogP contribution is 2.34. The molecule has 3 heterocycles. The molecule has 0 aliphatic rings. The molecular weight excluding hydrogens is 424 g/mol. The summed E-state index contributed by atoms with van der Waals surface area (Å²) in [5, 5.41) is 4.22. The van der Waals surface area contributed by atoms with Crippen molar-refractivity contribution in [2.75, 3.05) is 25.1 Å². The summed E-state index contributed by atoms with van der Waals surface area (Å²) in [6.07, 6.45) is 5.55. The molecule has 0 fully saturated rings. The van der Waals surface area contributed by atoms with Gasteiger partial charge in [0.15, 0.2) is 10.8 Å². The van der Waals surface area contributed by atoms with Crippen LogP contribution in [0.2, 0.25) is 0 Å². The van der Waals surface area contributed by atoms with Gasteiger partial charge >= 0.3 is 5.97 Å². The highest BCUT2D eigenvalue weighted by molar-refractivity contribution is 7.18. The van der Waals surface area contributed by atoms with Gasteiger partial charge < -0.3 is 19.2 Å². The number of pyridine rings is 1. The number of ether oxygens (including phenoxy) is 2. The maximum atomic E-state index is 12.3. The molecule has 0 saturated carbocycles. The molecular formula is C24H26N4O3S. The fourth-order valence-corrected chi connectivity index (χ4v) is 4.30. The van der Waals surface area contributed by atoms with E-state index in [0.717, 1.165) is 26.7 Å². The van der Waals surface area contributed by atoms with Gasteiger partial charge in [-0.3, -0.25) is 0 Å². The minimum Gasteiger partial charge on any atom is -0.461 e. The Bertz CT molecular complexity index is 1200. The Balaban J connectivity index is 1.73. The number of carbonyl (C=O) groups excluding carboxylic acids is 1. The van der Waals surface area contributed by atoms with Crippen LogP contribution in [0.25, 0.3) is 27.2 Å². The third-order valence-corrected chi connectivity index (χ3v) is 5.83. The van der Waals surface area contributed by atoms with Gasteiger partial charge in [0.2, 0.25) is 0 Å². The van der Waals surface area contributed by atoms with Gasteiger partial charge in [-0.25, -0.2) is 14.8 Å². The van der Waals surface area contributed by atoms with Gasteiger partial charge in [-0.2, -0.15) is 0 Å². The molecule has 1 aromatic carbocycles. The van der Waals surface area contributed by atoms with Crippen LogP contribution in [-0.2, 0) is 9.47 Å². The summed E-state index contributed by atoms with van der Waals surface area (Å²) in [4.78, 5) is 22.4. The van der Waals surface area contributed by atoms with Crippen molar-refractivity contribution in [1.82, 2.24) is 14.4 Å². The second-order valence-electron chi connectivity index (χ2n) is 7.32. The standard InChI is InChI=1S/C24H26N4O3S/c1-4-30-15-16(3)26-24-25-12-21(32-24)18-11-19(17-9-7-6-8-10-17)22-27-20(14-28(22)13-18)23(29)31-5-2/h6-14,16H,4-5,15H2,1-3H3,(H,25,26). The molecule has 8 heteroatoms. The van der Waals surface area contributed by atoms with Gasteiger partial charge in [-0.1, -0.05) is 41.7 Å². The third kappa shape index (κ3) is 4.81. The summed E-state index contributed by atoms with van der Waals surface area (Å²) in [6.45, 7) is 7.46. The summed E-state index contributed by atoms with van der Waals surface area (Å²) in [5.41, 5.74) is 3.95. The summed E-state index contributed by atoms with van der Waals surface area (Å²) in [6, 6.07) is 12.3. The molecule has 0 radical (unpaired) electrons. The molecule has 4 aromatic rings. The SMILES string of the molecule is CCOCC(C)Nc1ncc(-c2cc(-c3ccccc3)c3nc(C(=O)OCC)cn3c2)s1. The van der Waals surface area contributed by atoms with Gasteiger partial charge in [0.1, 0.15) is 5.65 Å². The maximum Gasteiger partial charge on any atom is 0.358 e. The van der Waals surface area contributed by atoms with E-state index in [1.165, 1.54) is 0 Å². The fourth-order valence-electron chi connectivity index (χ4n) is 3.39. The number of thiazole rings is 1. The highest BCUT2D eigenvalue weighted by Gasteiger charge is 2.17. The smallest absolute Gasteiger partial charge is 0.358 e. The summed E-state index contributed by atoms with van der Waals surface area (Å²) in [5.74, 6) is -0.427. The monoisotopic (exact) mass is 450 g/mol. The lowest BCUT2D eigenvalue weighted by molar-refractivity contribution is 0.0520. The Morgan fingerprint density at radius 1 is 1.16 bits per heavy atom. The lowest BCUT2D eigenvalue weighted by atomic mass is 10.0. The lowest BCUT2D eigenvalue weighted by Gasteiger charge is -2.12. The molecule has 3 aromatic heterocycles. The zero-order valence-electron chi connectivity index (χ0n) is 18.4. The number of nitrogens with one attached hydrogen (secondary N) is 1. The van der Waals surface area contributed by atoms with Gasteiger partial charge in [-0.15, -0.1) is 0 Å². The first-order valence-electron chi connectivity index (χ1n) is 10.6. The largest absolute Gasteiger partial charge is 0.461 e. The van der Waals surface area contributed by atoms with Crippen LogP contribution < -0.4 is 5.32 Å². The van der Waals surface area contributed by atoms with Crippen molar-refractivity contribution >= 4 is 28.1 Å². The zero-order valence-corrected chi connectivity index (χ0v) is 19.2. The lowest BCUT2D eigenvalue weighted by Crippen LogP contribution is -2.21. The third-order valence-electron chi connectivity index (χ3n) is 4.85. The molecule has 1 N–H and O–H groups in total. The average molecular weight is 451 g/mol. The molecule has 4 rings (SSSR count). The number of anilines is 1. The number of imidazole rings is 1. The summed E-state index contributed by atoms with van der Waals surface area (Å²) >= 11 is 1.58. The van der Waals surface area contributed by atoms with Crippen LogP contribution in [0.4, 0.5) is 5.13 Å². The normalized spacial score (nSPS) is 12.1. The van der Waals surface area contributed by atoms with E-state index in [4.69, 9.17) is 9.47 Å². The zero-order chi connectivity index (χ0) is 22.5. The topological polar surface area (TPSA) is 77.8 Å². The average Bonchev–Trinajstić information content (AvgIpc) is 3.45. The van der Waals surface area contributed by atoms with Crippen molar-refractivity contribution in [3.63, 3.8) is 0 Å². The minimum absolute atomic E-state index is 0.164. The Labute approximate surface area is 191 Å². The Morgan fingerprint density at radius 3 is 2.72 bits per heavy atom. The summed E-state index contributed by atoms with van der Waals surface area (Å²) < 4.78 is 12.5. The first-order valence-corrected chi connectivity index (χ1v) is 11.5. The minimum atomic E-state index is -0.427. The van der Waals surface area contributed by atoms with Crippen molar-refractivity contribution in [2.24, 2.45) is 0 Å². The van der Waals surface area contributed by atoms with Gasteiger partial charge in [0.05, 0.1) is 18.1 Å². The molecule has 166 valence electrons. The molecule has 1 unspecified atom stereocenters. The number of carbonyl (C=O) groups is 1. The van der Waals surface area contributed by atoms with E-state index in [1.807, 2.05) is 54.0 Å². The quantitative estimate of drug-likeness (QED) is 0.356. The molecule has 0 spiro atoms. The molecule has 0 aliphatic carbocycles. The number of fused-ring (bicyclic) bond motifs is 1. The Morgan fingerprint density at radius 2 is 1.97 bits per heavy atom. The second-order valence-corrected chi connectivity index (χ2v) is 8.35. The summed E-state index contributed by atoms with van der Waals surface area (Å²) in [7, 11) is 0. The second kappa shape index (κ2) is 9.93. The van der Waals surface area contributed by atoms with Crippen LogP contribution in [0.5, 0.6) is 0 Å². The number of esters is 1. The number of aromatic nitrogens is 3. The fraction of sp³-hybridized carbons (Fsp3) is 0.292. The van der Waals surface area contributed by atoms with Crippen molar-refractivity contribution < 1.29 is 14.3 Å². The van der Waals surface area contributed by atoms with Crippen LogP contribution in [-0.4, -0.2) is 46.2 Å². The molecule has 1 atom stereocenters. The van der Waals surface area contributed by atoms with E-state index in [9.17, 15) is 4.79 Å². The van der Waals surface area contributed by atoms with Gasteiger partial charge in [0.25, 0.3) is 0 Å². The molecule has 32 heavy (non-hydrogen) atoms. The first-order chi connectivity index (χ1) is 15.6. The van der Waals surface area contributed by atoms with E-state index >= 15 is 0 Å². The van der Waals surface area contributed by atoms with E-state index in [0.29, 0.717) is 25.5 Å². The number of nitrogens with zero attached hydrogens (tertiary/aromatic N) is 3. The molecule has 0 bridgehead atoms. The van der Waals surface area contributed by atoms with Crippen molar-refractivity contribution in [3.8, 4) is 21.6 Å². The van der Waals surface area contributed by atoms with Crippen LogP contribution in [0.1, 0.15) is 31.3 Å². The molecule has 7 nitrogen and oxygen atoms in total. The predicted molar refractivity (Wildman–Crippen MR) is 127 cm³/mol. The van der Waals surface area contributed by atoms with Crippen LogP contribution in [0, 0.1) is 0 Å². The van der Waals surface area contributed by atoms with Crippen LogP contribution in [0.3, 0.4) is 0 Å². The van der Waals surface area contributed by atoms with Crippen molar-refractivity contribution in [3.05, 3.63) is 60.7 Å². The van der Waals surface area contributed by atoms with Gasteiger partial charge in [0, 0.05) is 42.4 Å². The molecule has 0 amide bonds. The number of benzene rings is 1. The van der Waals surface area contributed by atoms with Gasteiger partial charge in [-0.05, 0) is 32.4 Å². The van der Waals surface area contributed by atoms with E-state index < -0.39 is 5.97 Å². The predicted octanol–water partition coefficient (Wildman–Crippen LogP) is 5.14. The van der Waals surface area contributed by atoms with Crippen LogP contribution in [0.15, 0.2) is 55.0 Å². The number of hydrogen-bond donors (Lipinski definition) is 1. The number of hydrogen-bond acceptors (Lipinski definition) is 7. The molecule has 0 aliphatic heterocycles. The van der Waals surface area contributed by atoms with E-state index in [2.05, 4.69) is 28.3 Å². The Hall–Kier alpha value is -3.23. The van der Waals surface area contributed by atoms with Crippen molar-refractivity contribution in [1.29, 1.82) is 0 Å². The maximum absolute atomic E-state index is 12.3. The van der Waals surface area contributed by atoms with Crippen molar-refractivity contribution in [2.45, 2.75) is 26.8 Å². The Kier molecular flexibility index (Phi) is 6.82. The first kappa shape index (κ1) is 22.0. The molecule has 0 saturated heterocycles. The highest BCUT2D eigenvalue weighted by atomic mass is 32.1. The number of rotatable bonds is 9.